The Morgan fingerprint density at radius 1 is 1.25 bits per heavy atom. The van der Waals surface area contributed by atoms with Gasteiger partial charge in [-0.25, -0.2) is 15.8 Å². The SMILES string of the molecule is CCCc1nc(NN)cc(NC(CN(C)C)C(C)C)n1. The van der Waals surface area contributed by atoms with Gasteiger partial charge in [-0.1, -0.05) is 20.8 Å². The molecule has 6 heteroatoms. The van der Waals surface area contributed by atoms with Gasteiger partial charge in [-0.3, -0.25) is 0 Å². The number of hydrogen-bond donors (Lipinski definition) is 3. The number of likely N-dealkylation sites (N-methyl/N-ethyl adjacent to an activating group) is 1. The second-order valence-corrected chi connectivity index (χ2v) is 5.71. The molecule has 0 saturated heterocycles. The van der Waals surface area contributed by atoms with Crippen LogP contribution in [0.1, 0.15) is 33.0 Å². The van der Waals surface area contributed by atoms with Crippen molar-refractivity contribution in [1.82, 2.24) is 14.9 Å². The molecule has 1 aromatic rings. The lowest BCUT2D eigenvalue weighted by atomic mass is 10.0. The molecule has 0 aliphatic heterocycles. The molecule has 1 atom stereocenters. The molecule has 6 nitrogen and oxygen atoms in total. The number of nitrogens with two attached hydrogens (primary N) is 1. The molecule has 20 heavy (non-hydrogen) atoms. The molecular weight excluding hydrogens is 252 g/mol. The van der Waals surface area contributed by atoms with Gasteiger partial charge in [0.15, 0.2) is 0 Å². The second kappa shape index (κ2) is 8.01. The zero-order chi connectivity index (χ0) is 15.1. The van der Waals surface area contributed by atoms with Gasteiger partial charge in [0.2, 0.25) is 0 Å². The first-order valence-corrected chi connectivity index (χ1v) is 7.22. The second-order valence-electron chi connectivity index (χ2n) is 5.71. The van der Waals surface area contributed by atoms with E-state index in [1.54, 1.807) is 0 Å². The molecule has 0 fully saturated rings. The average Bonchev–Trinajstić information content (AvgIpc) is 2.37. The molecule has 1 rings (SSSR count). The Morgan fingerprint density at radius 2 is 1.90 bits per heavy atom. The number of nitrogens with zero attached hydrogens (tertiary/aromatic N) is 3. The molecule has 0 aliphatic carbocycles. The highest BCUT2D eigenvalue weighted by Crippen LogP contribution is 2.15. The van der Waals surface area contributed by atoms with E-state index in [9.17, 15) is 0 Å². The maximum Gasteiger partial charge on any atom is 0.145 e. The summed E-state index contributed by atoms with van der Waals surface area (Å²) in [5.41, 5.74) is 2.61. The minimum atomic E-state index is 0.333. The third-order valence-corrected chi connectivity index (χ3v) is 3.09. The van der Waals surface area contributed by atoms with E-state index in [1.807, 2.05) is 6.07 Å². The Balaban J connectivity index is 2.90. The van der Waals surface area contributed by atoms with Gasteiger partial charge < -0.3 is 15.6 Å². The summed E-state index contributed by atoms with van der Waals surface area (Å²) in [6, 6.07) is 2.18. The van der Waals surface area contributed by atoms with E-state index in [2.05, 4.69) is 60.5 Å². The minimum absolute atomic E-state index is 0.333. The Kier molecular flexibility index (Phi) is 6.67. The monoisotopic (exact) mass is 280 g/mol. The summed E-state index contributed by atoms with van der Waals surface area (Å²) in [7, 11) is 4.15. The third kappa shape index (κ3) is 5.30. The summed E-state index contributed by atoms with van der Waals surface area (Å²) in [6.07, 6.45) is 1.86. The average molecular weight is 280 g/mol. The summed E-state index contributed by atoms with van der Waals surface area (Å²) in [5.74, 6) is 8.29. The van der Waals surface area contributed by atoms with E-state index >= 15 is 0 Å². The van der Waals surface area contributed by atoms with Crippen LogP contribution < -0.4 is 16.6 Å². The fourth-order valence-electron chi connectivity index (χ4n) is 1.99. The fourth-order valence-corrected chi connectivity index (χ4v) is 1.99. The van der Waals surface area contributed by atoms with Crippen LogP contribution in [0.25, 0.3) is 0 Å². The van der Waals surface area contributed by atoms with Crippen molar-refractivity contribution in [3.63, 3.8) is 0 Å². The van der Waals surface area contributed by atoms with Gasteiger partial charge in [0.25, 0.3) is 0 Å². The molecule has 1 aromatic heterocycles. The van der Waals surface area contributed by atoms with Crippen molar-refractivity contribution in [3.8, 4) is 0 Å². The van der Waals surface area contributed by atoms with Crippen molar-refractivity contribution < 1.29 is 0 Å². The van der Waals surface area contributed by atoms with Crippen molar-refractivity contribution >= 4 is 11.6 Å². The van der Waals surface area contributed by atoms with E-state index < -0.39 is 0 Å². The number of nitrogens with one attached hydrogen (secondary N) is 2. The molecule has 0 spiro atoms. The summed E-state index contributed by atoms with van der Waals surface area (Å²) in [5, 5.41) is 3.49. The number of nitrogen functional groups attached to an aromatic ring is 1. The lowest BCUT2D eigenvalue weighted by molar-refractivity contribution is 0.344. The maximum atomic E-state index is 5.48. The molecule has 0 aliphatic rings. The van der Waals surface area contributed by atoms with Crippen LogP contribution in [-0.4, -0.2) is 41.5 Å². The Bertz CT molecular complexity index is 405. The number of rotatable bonds is 8. The summed E-state index contributed by atoms with van der Waals surface area (Å²) in [6.45, 7) is 7.48. The third-order valence-electron chi connectivity index (χ3n) is 3.09. The fraction of sp³-hybridized carbons (Fsp3) is 0.714. The van der Waals surface area contributed by atoms with Gasteiger partial charge in [-0.15, -0.1) is 0 Å². The molecule has 4 N–H and O–H groups in total. The van der Waals surface area contributed by atoms with Gasteiger partial charge >= 0.3 is 0 Å². The van der Waals surface area contributed by atoms with E-state index in [4.69, 9.17) is 5.84 Å². The number of aromatic nitrogens is 2. The number of aryl methyl sites for hydroxylation is 1. The van der Waals surface area contributed by atoms with Gasteiger partial charge in [0, 0.05) is 25.1 Å². The number of anilines is 2. The molecule has 0 aromatic carbocycles. The molecular formula is C14H28N6. The van der Waals surface area contributed by atoms with Gasteiger partial charge in [0.1, 0.15) is 17.5 Å². The molecule has 0 bridgehead atoms. The van der Waals surface area contributed by atoms with Crippen LogP contribution in [0, 0.1) is 5.92 Å². The Morgan fingerprint density at radius 3 is 2.40 bits per heavy atom. The lowest BCUT2D eigenvalue weighted by Gasteiger charge is -2.26. The normalized spacial score (nSPS) is 12.8. The summed E-state index contributed by atoms with van der Waals surface area (Å²) in [4.78, 5) is 11.1. The molecule has 1 heterocycles. The lowest BCUT2D eigenvalue weighted by Crippen LogP contribution is -2.36. The van der Waals surface area contributed by atoms with Crippen LogP contribution in [0.15, 0.2) is 6.07 Å². The molecule has 0 radical (unpaired) electrons. The van der Waals surface area contributed by atoms with E-state index in [0.717, 1.165) is 31.0 Å². The Hall–Kier alpha value is -1.40. The van der Waals surface area contributed by atoms with Crippen molar-refractivity contribution in [2.45, 2.75) is 39.7 Å². The minimum Gasteiger partial charge on any atom is -0.366 e. The smallest absolute Gasteiger partial charge is 0.145 e. The first-order chi connectivity index (χ1) is 9.46. The van der Waals surface area contributed by atoms with E-state index in [-0.39, 0.29) is 0 Å². The van der Waals surface area contributed by atoms with Crippen molar-refractivity contribution in [3.05, 3.63) is 11.9 Å². The predicted molar refractivity (Wildman–Crippen MR) is 84.6 cm³/mol. The Labute approximate surface area is 122 Å². The standard InChI is InChI=1S/C14H28N6/c1-6-7-12-17-13(8-14(18-12)19-15)16-11(10(2)3)9-20(4)5/h8,10-11H,6-7,9,15H2,1-5H3,(H2,16,17,18,19). The number of hydrogen-bond acceptors (Lipinski definition) is 6. The molecule has 1 unspecified atom stereocenters. The highest BCUT2D eigenvalue weighted by molar-refractivity contribution is 5.47. The quantitative estimate of drug-likeness (QED) is 0.497. The largest absolute Gasteiger partial charge is 0.366 e. The molecule has 0 amide bonds. The van der Waals surface area contributed by atoms with Crippen LogP contribution in [0.2, 0.25) is 0 Å². The van der Waals surface area contributed by atoms with Crippen LogP contribution in [0.5, 0.6) is 0 Å². The zero-order valence-corrected chi connectivity index (χ0v) is 13.3. The van der Waals surface area contributed by atoms with Crippen LogP contribution in [0.3, 0.4) is 0 Å². The van der Waals surface area contributed by atoms with Crippen LogP contribution in [-0.2, 0) is 6.42 Å². The first kappa shape index (κ1) is 16.7. The van der Waals surface area contributed by atoms with Gasteiger partial charge in [-0.05, 0) is 26.4 Å². The van der Waals surface area contributed by atoms with Gasteiger partial charge in [0.05, 0.1) is 0 Å². The van der Waals surface area contributed by atoms with Crippen molar-refractivity contribution in [1.29, 1.82) is 0 Å². The van der Waals surface area contributed by atoms with Gasteiger partial charge in [-0.2, -0.15) is 0 Å². The molecule has 0 saturated carbocycles. The highest BCUT2D eigenvalue weighted by Gasteiger charge is 2.15. The topological polar surface area (TPSA) is 79.1 Å². The predicted octanol–water partition coefficient (Wildman–Crippen LogP) is 1.71. The first-order valence-electron chi connectivity index (χ1n) is 7.22. The van der Waals surface area contributed by atoms with E-state index in [1.165, 1.54) is 0 Å². The summed E-state index contributed by atoms with van der Waals surface area (Å²) >= 11 is 0. The van der Waals surface area contributed by atoms with E-state index in [0.29, 0.717) is 17.8 Å². The van der Waals surface area contributed by atoms with Crippen molar-refractivity contribution in [2.24, 2.45) is 11.8 Å². The summed E-state index contributed by atoms with van der Waals surface area (Å²) < 4.78 is 0. The van der Waals surface area contributed by atoms with Crippen molar-refractivity contribution in [2.75, 3.05) is 31.4 Å². The highest BCUT2D eigenvalue weighted by atomic mass is 15.3. The van der Waals surface area contributed by atoms with Crippen LogP contribution >= 0.6 is 0 Å². The molecule has 114 valence electrons. The van der Waals surface area contributed by atoms with Crippen LogP contribution in [0.4, 0.5) is 11.6 Å². The zero-order valence-electron chi connectivity index (χ0n) is 13.3. The maximum absolute atomic E-state index is 5.48. The number of hydrazine groups is 1.